The fourth-order valence-electron chi connectivity index (χ4n) is 7.08. The third-order valence-electron chi connectivity index (χ3n) is 9.90. The van der Waals surface area contributed by atoms with E-state index in [2.05, 4.69) is 15.2 Å². The molecule has 51 heavy (non-hydrogen) atoms. The monoisotopic (exact) mass is 737 g/mol. The molecule has 0 spiro atoms. The number of amides is 2. The van der Waals surface area contributed by atoms with Crippen molar-refractivity contribution in [2.75, 3.05) is 52.3 Å². The topological polar surface area (TPSA) is 116 Å². The average molecular weight is 739 g/mol. The highest BCUT2D eigenvalue weighted by molar-refractivity contribution is 6.39. The number of pyridine rings is 1. The largest absolute Gasteiger partial charge is 0.496 e. The number of likely N-dealkylation sites (tertiary alicyclic amines) is 1. The second-order valence-electron chi connectivity index (χ2n) is 13.1. The summed E-state index contributed by atoms with van der Waals surface area (Å²) < 4.78 is 22.8. The highest BCUT2D eigenvalue weighted by Crippen LogP contribution is 2.42. The first-order valence-corrected chi connectivity index (χ1v) is 17.7. The van der Waals surface area contributed by atoms with E-state index in [1.165, 1.54) is 13.2 Å². The summed E-state index contributed by atoms with van der Waals surface area (Å²) in [7, 11) is 5.11. The number of aliphatic hydroxyl groups is 1. The first kappa shape index (κ1) is 36.7. The second kappa shape index (κ2) is 15.7. The van der Waals surface area contributed by atoms with Gasteiger partial charge in [-0.05, 0) is 44.2 Å². The SMILES string of the molecule is COc1cc(-c2nccc(-c3cccc(NC(=O)c4nc5c(n4C)CCN(C4CCN(C(C)=O)CC4)C5)c3Cl)c2Cl)cc(F)c1CN(C)CCO. The number of rotatable bonds is 10. The molecule has 2 N–H and O–H groups in total. The molecule has 6 rings (SSSR count). The van der Waals surface area contributed by atoms with E-state index in [4.69, 9.17) is 32.9 Å². The lowest BCUT2D eigenvalue weighted by Crippen LogP contribution is -2.47. The third kappa shape index (κ3) is 7.61. The molecule has 0 atom stereocenters. The number of fused-ring (bicyclic) bond motifs is 1. The van der Waals surface area contributed by atoms with Crippen LogP contribution in [0.25, 0.3) is 22.4 Å². The number of piperidine rings is 1. The first-order chi connectivity index (χ1) is 24.5. The van der Waals surface area contributed by atoms with E-state index in [1.54, 1.807) is 55.4 Å². The van der Waals surface area contributed by atoms with E-state index in [1.807, 2.05) is 16.5 Å². The van der Waals surface area contributed by atoms with Crippen molar-refractivity contribution < 1.29 is 23.8 Å². The van der Waals surface area contributed by atoms with Crippen LogP contribution >= 0.6 is 23.2 Å². The molecular weight excluding hydrogens is 696 g/mol. The van der Waals surface area contributed by atoms with Crippen molar-refractivity contribution in [2.45, 2.75) is 45.3 Å². The molecule has 2 aliphatic rings. The fraction of sp³-hybridized carbons (Fsp3) is 0.405. The Hall–Kier alpha value is -4.07. The Morgan fingerprint density at radius 2 is 1.86 bits per heavy atom. The number of aliphatic hydroxyl groups excluding tert-OH is 1. The van der Waals surface area contributed by atoms with E-state index in [9.17, 15) is 14.7 Å². The summed E-state index contributed by atoms with van der Waals surface area (Å²) in [5.41, 5.74) is 4.53. The zero-order valence-corrected chi connectivity index (χ0v) is 30.7. The van der Waals surface area contributed by atoms with Crippen LogP contribution in [0.2, 0.25) is 10.0 Å². The maximum atomic E-state index is 15.4. The number of likely N-dealkylation sites (N-methyl/N-ethyl adjacent to an activating group) is 1. The molecule has 0 unspecified atom stereocenters. The quantitative estimate of drug-likeness (QED) is 0.215. The Balaban J connectivity index is 1.21. The molecule has 2 aromatic carbocycles. The number of benzene rings is 2. The number of ether oxygens (including phenoxy) is 1. The summed E-state index contributed by atoms with van der Waals surface area (Å²) in [4.78, 5) is 40.8. The zero-order chi connectivity index (χ0) is 36.4. The Kier molecular flexibility index (Phi) is 11.3. The Labute approximate surface area is 306 Å². The Bertz CT molecular complexity index is 1950. The van der Waals surface area contributed by atoms with Crippen molar-refractivity contribution in [3.05, 3.63) is 81.2 Å². The number of hydrogen-bond donors (Lipinski definition) is 2. The number of aromatic nitrogens is 3. The molecular formula is C37H42Cl2FN7O4. The number of halogens is 3. The number of imidazole rings is 1. The van der Waals surface area contributed by atoms with Crippen molar-refractivity contribution in [3.8, 4) is 28.1 Å². The van der Waals surface area contributed by atoms with Crippen LogP contribution in [0.1, 0.15) is 47.3 Å². The van der Waals surface area contributed by atoms with E-state index in [0.717, 1.165) is 50.3 Å². The molecule has 11 nitrogen and oxygen atoms in total. The number of nitrogens with zero attached hydrogens (tertiary/aromatic N) is 6. The van der Waals surface area contributed by atoms with Gasteiger partial charge in [0.1, 0.15) is 11.6 Å². The Morgan fingerprint density at radius 3 is 2.57 bits per heavy atom. The van der Waals surface area contributed by atoms with Crippen LogP contribution in [-0.2, 0) is 31.4 Å². The van der Waals surface area contributed by atoms with Gasteiger partial charge in [-0.2, -0.15) is 0 Å². The fourth-order valence-corrected chi connectivity index (χ4v) is 7.68. The van der Waals surface area contributed by atoms with Crippen LogP contribution in [0.4, 0.5) is 10.1 Å². The van der Waals surface area contributed by atoms with Gasteiger partial charge in [0.2, 0.25) is 5.91 Å². The van der Waals surface area contributed by atoms with Gasteiger partial charge in [-0.25, -0.2) is 9.37 Å². The van der Waals surface area contributed by atoms with Crippen molar-refractivity contribution in [2.24, 2.45) is 7.05 Å². The van der Waals surface area contributed by atoms with E-state index < -0.39 is 5.82 Å². The molecule has 2 aliphatic heterocycles. The predicted octanol–water partition coefficient (Wildman–Crippen LogP) is 5.65. The first-order valence-electron chi connectivity index (χ1n) is 17.0. The molecule has 0 aliphatic carbocycles. The molecule has 2 amide bonds. The van der Waals surface area contributed by atoms with Crippen LogP contribution in [0.5, 0.6) is 5.75 Å². The lowest BCUT2D eigenvalue weighted by atomic mass is 10.00. The highest BCUT2D eigenvalue weighted by atomic mass is 35.5. The minimum Gasteiger partial charge on any atom is -0.496 e. The minimum atomic E-state index is -0.487. The summed E-state index contributed by atoms with van der Waals surface area (Å²) in [5, 5.41) is 12.7. The van der Waals surface area contributed by atoms with E-state index >= 15 is 4.39 Å². The maximum Gasteiger partial charge on any atom is 0.291 e. The number of carbonyl (C=O) groups is 2. The smallest absolute Gasteiger partial charge is 0.291 e. The van der Waals surface area contributed by atoms with E-state index in [-0.39, 0.29) is 35.0 Å². The van der Waals surface area contributed by atoms with Crippen LogP contribution in [0, 0.1) is 5.82 Å². The third-order valence-corrected chi connectivity index (χ3v) is 10.7. The average Bonchev–Trinajstić information content (AvgIpc) is 3.45. The lowest BCUT2D eigenvalue weighted by Gasteiger charge is -2.39. The molecule has 1 fully saturated rings. The molecule has 2 aromatic heterocycles. The van der Waals surface area contributed by atoms with Crippen LogP contribution < -0.4 is 10.1 Å². The number of hydrogen-bond acceptors (Lipinski definition) is 8. The van der Waals surface area contributed by atoms with Gasteiger partial charge in [-0.3, -0.25) is 24.4 Å². The van der Waals surface area contributed by atoms with Gasteiger partial charge in [0.25, 0.3) is 5.91 Å². The number of methoxy groups -OCH3 is 1. The number of nitrogens with one attached hydrogen (secondary N) is 1. The highest BCUT2D eigenvalue weighted by Gasteiger charge is 2.31. The summed E-state index contributed by atoms with van der Waals surface area (Å²) in [6.45, 7) is 5.23. The molecule has 4 heterocycles. The normalized spacial score (nSPS) is 15.3. The standard InChI is InChI=1S/C37H42Cl2FN7O4/c1-22(49)46-13-9-24(10-14-46)47-15-11-31-30(21-47)42-36(45(31)3)37(50)43-29-7-5-6-25(33(29)38)26-8-12-41-35(34(26)39)23-18-28(40)27(32(19-23)51-4)20-44(2)16-17-48/h5-8,12,18-19,24,48H,9-11,13-17,20-21H2,1-4H3,(H,43,50). The van der Waals surface area contributed by atoms with Gasteiger partial charge in [0.05, 0.1) is 40.8 Å². The van der Waals surface area contributed by atoms with Gasteiger partial charge < -0.3 is 24.6 Å². The molecule has 0 saturated carbocycles. The number of anilines is 1. The van der Waals surface area contributed by atoms with Gasteiger partial charge in [-0.1, -0.05) is 35.3 Å². The molecule has 270 valence electrons. The van der Waals surface area contributed by atoms with Crippen molar-refractivity contribution in [3.63, 3.8) is 0 Å². The zero-order valence-electron chi connectivity index (χ0n) is 29.2. The van der Waals surface area contributed by atoms with Crippen LogP contribution in [-0.4, -0.2) is 99.1 Å². The van der Waals surface area contributed by atoms with Gasteiger partial charge >= 0.3 is 0 Å². The number of carbonyl (C=O) groups excluding carboxylic acids is 2. The minimum absolute atomic E-state index is 0.0486. The molecule has 0 radical (unpaired) electrons. The van der Waals surface area contributed by atoms with E-state index in [0.29, 0.717) is 64.3 Å². The lowest BCUT2D eigenvalue weighted by molar-refractivity contribution is -0.130. The van der Waals surface area contributed by atoms with Crippen LogP contribution in [0.3, 0.4) is 0 Å². The van der Waals surface area contributed by atoms with Gasteiger partial charge in [-0.15, -0.1) is 0 Å². The van der Waals surface area contributed by atoms with Crippen LogP contribution in [0.15, 0.2) is 42.6 Å². The summed E-state index contributed by atoms with van der Waals surface area (Å²) in [6, 6.07) is 10.4. The molecule has 1 saturated heterocycles. The van der Waals surface area contributed by atoms with Crippen molar-refractivity contribution in [1.82, 2.24) is 29.2 Å². The molecule has 14 heteroatoms. The van der Waals surface area contributed by atoms with Crippen molar-refractivity contribution in [1.29, 1.82) is 0 Å². The second-order valence-corrected chi connectivity index (χ2v) is 13.8. The molecule has 0 bridgehead atoms. The van der Waals surface area contributed by atoms with Crippen molar-refractivity contribution >= 4 is 40.7 Å². The molecule has 4 aromatic rings. The summed E-state index contributed by atoms with van der Waals surface area (Å²) in [5.74, 6) is -0.131. The summed E-state index contributed by atoms with van der Waals surface area (Å²) >= 11 is 13.9. The summed E-state index contributed by atoms with van der Waals surface area (Å²) in [6.07, 6.45) is 4.19. The Morgan fingerprint density at radius 1 is 1.12 bits per heavy atom. The maximum absolute atomic E-state index is 15.4. The van der Waals surface area contributed by atoms with Gasteiger partial charge in [0, 0.05) is 99.8 Å². The van der Waals surface area contributed by atoms with Gasteiger partial charge in [0.15, 0.2) is 5.82 Å². The predicted molar refractivity (Wildman–Crippen MR) is 196 cm³/mol.